The summed E-state index contributed by atoms with van der Waals surface area (Å²) in [6, 6.07) is 6.64. The molecule has 0 aliphatic heterocycles. The first kappa shape index (κ1) is 11.1. The molecule has 0 spiro atoms. The van der Waals surface area contributed by atoms with Crippen LogP contribution >= 0.6 is 0 Å². The average molecular weight is 217 g/mol. The first-order valence-electron chi connectivity index (χ1n) is 5.81. The van der Waals surface area contributed by atoms with Gasteiger partial charge in [0.2, 0.25) is 0 Å². The van der Waals surface area contributed by atoms with Crippen molar-refractivity contribution in [3.05, 3.63) is 29.6 Å². The van der Waals surface area contributed by atoms with Crippen molar-refractivity contribution in [1.82, 2.24) is 9.55 Å². The van der Waals surface area contributed by atoms with Crippen molar-refractivity contribution in [1.29, 1.82) is 0 Å². The van der Waals surface area contributed by atoms with E-state index in [4.69, 9.17) is 5.73 Å². The van der Waals surface area contributed by atoms with E-state index in [1.54, 1.807) is 0 Å². The Kier molecular flexibility index (Phi) is 2.97. The molecule has 0 bridgehead atoms. The highest BCUT2D eigenvalue weighted by Gasteiger charge is 2.07. The molecule has 0 fully saturated rings. The van der Waals surface area contributed by atoms with Gasteiger partial charge in [-0.3, -0.25) is 0 Å². The third-order valence-corrected chi connectivity index (χ3v) is 2.91. The Morgan fingerprint density at radius 2 is 2.19 bits per heavy atom. The van der Waals surface area contributed by atoms with Crippen LogP contribution in [0.25, 0.3) is 11.0 Å². The van der Waals surface area contributed by atoms with Crippen LogP contribution in [0.2, 0.25) is 0 Å². The molecular formula is C13H19N3. The Balaban J connectivity index is 2.46. The van der Waals surface area contributed by atoms with E-state index < -0.39 is 0 Å². The van der Waals surface area contributed by atoms with E-state index in [0.717, 1.165) is 24.2 Å². The second-order valence-electron chi connectivity index (χ2n) is 4.45. The van der Waals surface area contributed by atoms with Crippen molar-refractivity contribution in [2.24, 2.45) is 12.8 Å². The number of nitrogens with two attached hydrogens (primary N) is 1. The molecule has 2 N–H and O–H groups in total. The summed E-state index contributed by atoms with van der Waals surface area (Å²) in [6.07, 6.45) is 1.88. The van der Waals surface area contributed by atoms with Gasteiger partial charge in [0.05, 0.1) is 11.0 Å². The van der Waals surface area contributed by atoms with Gasteiger partial charge in [-0.25, -0.2) is 4.98 Å². The average Bonchev–Trinajstić information content (AvgIpc) is 2.54. The fraction of sp³-hybridized carbons (Fsp3) is 0.462. The zero-order valence-corrected chi connectivity index (χ0v) is 10.2. The molecule has 3 heteroatoms. The number of fused-ring (bicyclic) bond motifs is 1. The van der Waals surface area contributed by atoms with Gasteiger partial charge in [-0.1, -0.05) is 13.0 Å². The monoisotopic (exact) mass is 217 g/mol. The highest BCUT2D eigenvalue weighted by atomic mass is 15.1. The molecule has 1 atom stereocenters. The molecule has 86 valence electrons. The zero-order chi connectivity index (χ0) is 11.7. The van der Waals surface area contributed by atoms with Crippen LogP contribution < -0.4 is 5.73 Å². The highest BCUT2D eigenvalue weighted by Crippen LogP contribution is 2.17. The Morgan fingerprint density at radius 3 is 2.81 bits per heavy atom. The van der Waals surface area contributed by atoms with E-state index in [9.17, 15) is 0 Å². The molecule has 2 rings (SSSR count). The predicted octanol–water partition coefficient (Wildman–Crippen LogP) is 2.03. The van der Waals surface area contributed by atoms with Crippen LogP contribution in [0.3, 0.4) is 0 Å². The minimum atomic E-state index is 0.201. The number of rotatable bonds is 3. The fourth-order valence-corrected chi connectivity index (χ4v) is 2.11. The summed E-state index contributed by atoms with van der Waals surface area (Å²) in [7, 11) is 2.07. The smallest absolute Gasteiger partial charge is 0.109 e. The number of aryl methyl sites for hydroxylation is 2. The van der Waals surface area contributed by atoms with E-state index in [1.807, 2.05) is 6.92 Å². The van der Waals surface area contributed by atoms with Gasteiger partial charge in [0.15, 0.2) is 0 Å². The Labute approximate surface area is 96.3 Å². The van der Waals surface area contributed by atoms with Gasteiger partial charge in [-0.2, -0.15) is 0 Å². The normalized spacial score (nSPS) is 13.2. The van der Waals surface area contributed by atoms with Crippen LogP contribution in [0.1, 0.15) is 25.2 Å². The summed E-state index contributed by atoms with van der Waals surface area (Å²) >= 11 is 0. The maximum Gasteiger partial charge on any atom is 0.109 e. The zero-order valence-electron chi connectivity index (χ0n) is 10.2. The SMILES string of the molecule is CCc1nc2cc(CC(C)N)ccc2n1C. The number of imidazole rings is 1. The molecule has 1 aromatic heterocycles. The van der Waals surface area contributed by atoms with Crippen molar-refractivity contribution in [3.63, 3.8) is 0 Å². The maximum atomic E-state index is 5.80. The van der Waals surface area contributed by atoms with Crippen LogP contribution in [-0.4, -0.2) is 15.6 Å². The summed E-state index contributed by atoms with van der Waals surface area (Å²) in [5, 5.41) is 0. The summed E-state index contributed by atoms with van der Waals surface area (Å²) in [5.41, 5.74) is 9.35. The largest absolute Gasteiger partial charge is 0.331 e. The lowest BCUT2D eigenvalue weighted by Gasteiger charge is -2.04. The lowest BCUT2D eigenvalue weighted by Crippen LogP contribution is -2.17. The quantitative estimate of drug-likeness (QED) is 0.855. The molecule has 1 heterocycles. The number of nitrogens with zero attached hydrogens (tertiary/aromatic N) is 2. The van der Waals surface area contributed by atoms with Gasteiger partial charge in [0, 0.05) is 19.5 Å². The fourth-order valence-electron chi connectivity index (χ4n) is 2.11. The van der Waals surface area contributed by atoms with Gasteiger partial charge < -0.3 is 10.3 Å². The molecule has 1 aromatic carbocycles. The van der Waals surface area contributed by atoms with Gasteiger partial charge >= 0.3 is 0 Å². The maximum absolute atomic E-state index is 5.80. The minimum Gasteiger partial charge on any atom is -0.331 e. The lowest BCUT2D eigenvalue weighted by molar-refractivity contribution is 0.738. The van der Waals surface area contributed by atoms with Crippen molar-refractivity contribution >= 4 is 11.0 Å². The first-order chi connectivity index (χ1) is 7.61. The third-order valence-electron chi connectivity index (χ3n) is 2.91. The van der Waals surface area contributed by atoms with E-state index in [2.05, 4.69) is 41.7 Å². The van der Waals surface area contributed by atoms with Gasteiger partial charge in [0.25, 0.3) is 0 Å². The van der Waals surface area contributed by atoms with Crippen LogP contribution in [0.5, 0.6) is 0 Å². The predicted molar refractivity (Wildman–Crippen MR) is 67.4 cm³/mol. The van der Waals surface area contributed by atoms with Crippen molar-refractivity contribution in [2.45, 2.75) is 32.7 Å². The van der Waals surface area contributed by atoms with E-state index >= 15 is 0 Å². The molecule has 0 saturated heterocycles. The molecular weight excluding hydrogens is 198 g/mol. The molecule has 2 aromatic rings. The van der Waals surface area contributed by atoms with Crippen molar-refractivity contribution in [3.8, 4) is 0 Å². The number of aromatic nitrogens is 2. The summed E-state index contributed by atoms with van der Waals surface area (Å²) < 4.78 is 2.16. The topological polar surface area (TPSA) is 43.8 Å². The molecule has 0 aliphatic carbocycles. The van der Waals surface area contributed by atoms with Crippen molar-refractivity contribution < 1.29 is 0 Å². The second kappa shape index (κ2) is 4.26. The summed E-state index contributed by atoms with van der Waals surface area (Å²) in [5.74, 6) is 1.13. The van der Waals surface area contributed by atoms with Gasteiger partial charge in [-0.05, 0) is 31.0 Å². The first-order valence-corrected chi connectivity index (χ1v) is 5.81. The molecule has 1 unspecified atom stereocenters. The third kappa shape index (κ3) is 1.95. The lowest BCUT2D eigenvalue weighted by atomic mass is 10.1. The Bertz CT molecular complexity index is 497. The summed E-state index contributed by atoms with van der Waals surface area (Å²) in [6.45, 7) is 4.16. The highest BCUT2D eigenvalue weighted by molar-refractivity contribution is 5.76. The molecule has 16 heavy (non-hydrogen) atoms. The standard InChI is InChI=1S/C13H19N3/c1-4-13-15-11-8-10(7-9(2)14)5-6-12(11)16(13)3/h5-6,8-9H,4,7,14H2,1-3H3. The molecule has 3 nitrogen and oxygen atoms in total. The van der Waals surface area contributed by atoms with Crippen molar-refractivity contribution in [2.75, 3.05) is 0 Å². The molecule has 0 saturated carbocycles. The molecule has 0 aliphatic rings. The van der Waals surface area contributed by atoms with Crippen LogP contribution in [0.4, 0.5) is 0 Å². The molecule has 0 radical (unpaired) electrons. The Morgan fingerprint density at radius 1 is 1.44 bits per heavy atom. The van der Waals surface area contributed by atoms with E-state index in [0.29, 0.717) is 0 Å². The minimum absolute atomic E-state index is 0.201. The Hall–Kier alpha value is -1.35. The van der Waals surface area contributed by atoms with Crippen LogP contribution in [0, 0.1) is 0 Å². The molecule has 0 amide bonds. The number of hydrogen-bond acceptors (Lipinski definition) is 2. The van der Waals surface area contributed by atoms with Gasteiger partial charge in [0.1, 0.15) is 5.82 Å². The van der Waals surface area contributed by atoms with Crippen LogP contribution in [-0.2, 0) is 19.9 Å². The van der Waals surface area contributed by atoms with Gasteiger partial charge in [-0.15, -0.1) is 0 Å². The van der Waals surface area contributed by atoms with Crippen LogP contribution in [0.15, 0.2) is 18.2 Å². The van der Waals surface area contributed by atoms with E-state index in [-0.39, 0.29) is 6.04 Å². The van der Waals surface area contributed by atoms with E-state index in [1.165, 1.54) is 11.1 Å². The number of hydrogen-bond donors (Lipinski definition) is 1. The summed E-state index contributed by atoms with van der Waals surface area (Å²) in [4.78, 5) is 4.62. The second-order valence-corrected chi connectivity index (χ2v) is 4.45. The number of benzene rings is 1.